The summed E-state index contributed by atoms with van der Waals surface area (Å²) in [6.07, 6.45) is 5.40. The molecule has 1 saturated carbocycles. The van der Waals surface area contributed by atoms with Gasteiger partial charge in [0.25, 0.3) is 5.56 Å². The second kappa shape index (κ2) is 7.97. The van der Waals surface area contributed by atoms with E-state index in [9.17, 15) is 13.6 Å². The number of aromatic nitrogens is 3. The zero-order chi connectivity index (χ0) is 21.7. The van der Waals surface area contributed by atoms with Crippen molar-refractivity contribution in [1.82, 2.24) is 14.2 Å². The fourth-order valence-corrected chi connectivity index (χ4v) is 4.88. The summed E-state index contributed by atoms with van der Waals surface area (Å²) < 4.78 is 30.7. The van der Waals surface area contributed by atoms with Gasteiger partial charge >= 0.3 is 0 Å². The number of halogens is 4. The van der Waals surface area contributed by atoms with Gasteiger partial charge in [0.1, 0.15) is 11.6 Å². The quantitative estimate of drug-likeness (QED) is 0.345. The highest BCUT2D eigenvalue weighted by molar-refractivity contribution is 7.99. The Hall–Kier alpha value is -2.35. The fraction of sp³-hybridized carbons (Fsp3) is 0.182. The first-order valence-corrected chi connectivity index (χ1v) is 11.2. The van der Waals surface area contributed by atoms with E-state index in [4.69, 9.17) is 23.2 Å². The van der Waals surface area contributed by atoms with Crippen molar-refractivity contribution < 1.29 is 8.78 Å². The largest absolute Gasteiger partial charge is 0.273 e. The first-order chi connectivity index (χ1) is 14.9. The Kier molecular flexibility index (Phi) is 5.28. The summed E-state index contributed by atoms with van der Waals surface area (Å²) >= 11 is 13.8. The molecular formula is C22H15Cl2F2N3OS. The van der Waals surface area contributed by atoms with E-state index < -0.39 is 11.6 Å². The van der Waals surface area contributed by atoms with E-state index in [0.29, 0.717) is 31.7 Å². The molecule has 0 spiro atoms. The molecule has 1 fully saturated rings. The SMILES string of the molecule is O=c1c(Cc2c(Cl)cccc2Cl)c2ncc(Sc3ccc(F)cc3F)cn2n1C1CC1. The van der Waals surface area contributed by atoms with Crippen molar-refractivity contribution in [2.24, 2.45) is 0 Å². The Labute approximate surface area is 190 Å². The maximum Gasteiger partial charge on any atom is 0.273 e. The summed E-state index contributed by atoms with van der Waals surface area (Å²) in [4.78, 5) is 18.7. The normalized spacial score (nSPS) is 13.8. The molecule has 4 nitrogen and oxygen atoms in total. The van der Waals surface area contributed by atoms with Crippen molar-refractivity contribution in [3.05, 3.63) is 92.0 Å². The molecule has 2 aromatic heterocycles. The molecule has 0 N–H and O–H groups in total. The maximum absolute atomic E-state index is 14.1. The molecule has 0 saturated heterocycles. The van der Waals surface area contributed by atoms with Crippen molar-refractivity contribution >= 4 is 40.6 Å². The van der Waals surface area contributed by atoms with Gasteiger partial charge in [-0.15, -0.1) is 0 Å². The van der Waals surface area contributed by atoms with Gasteiger partial charge in [0.2, 0.25) is 0 Å². The number of fused-ring (bicyclic) bond motifs is 1. The summed E-state index contributed by atoms with van der Waals surface area (Å²) in [7, 11) is 0. The van der Waals surface area contributed by atoms with E-state index in [1.807, 2.05) is 0 Å². The molecule has 0 radical (unpaired) electrons. The van der Waals surface area contributed by atoms with Crippen molar-refractivity contribution in [3.8, 4) is 0 Å². The summed E-state index contributed by atoms with van der Waals surface area (Å²) in [6.45, 7) is 0. The van der Waals surface area contributed by atoms with E-state index >= 15 is 0 Å². The molecule has 5 rings (SSSR count). The number of hydrogen-bond donors (Lipinski definition) is 0. The zero-order valence-corrected chi connectivity index (χ0v) is 18.3. The summed E-state index contributed by atoms with van der Waals surface area (Å²) in [5, 5.41) is 0.978. The lowest BCUT2D eigenvalue weighted by Gasteiger charge is -2.07. The van der Waals surface area contributed by atoms with Crippen LogP contribution in [0, 0.1) is 11.6 Å². The van der Waals surface area contributed by atoms with Crippen LogP contribution in [0.5, 0.6) is 0 Å². The van der Waals surface area contributed by atoms with Crippen molar-refractivity contribution in [2.45, 2.75) is 35.1 Å². The molecule has 0 atom stereocenters. The van der Waals surface area contributed by atoms with Crippen LogP contribution < -0.4 is 5.56 Å². The van der Waals surface area contributed by atoms with Gasteiger partial charge in [-0.25, -0.2) is 23.0 Å². The molecule has 0 bridgehead atoms. The first-order valence-electron chi connectivity index (χ1n) is 9.60. The van der Waals surface area contributed by atoms with Gasteiger partial charge in [-0.2, -0.15) is 0 Å². The minimum Gasteiger partial charge on any atom is -0.267 e. The number of rotatable bonds is 5. The Morgan fingerprint density at radius 3 is 2.52 bits per heavy atom. The average Bonchev–Trinajstić information content (AvgIpc) is 3.52. The minimum atomic E-state index is -0.647. The predicted octanol–water partition coefficient (Wildman–Crippen LogP) is 6.16. The number of hydrogen-bond acceptors (Lipinski definition) is 3. The third-order valence-corrected chi connectivity index (χ3v) is 6.88. The fourth-order valence-electron chi connectivity index (χ4n) is 3.54. The molecule has 4 aromatic rings. The molecule has 1 aliphatic rings. The molecule has 0 amide bonds. The van der Waals surface area contributed by atoms with Gasteiger partial charge in [0.15, 0.2) is 5.65 Å². The monoisotopic (exact) mass is 477 g/mol. The van der Waals surface area contributed by atoms with E-state index in [0.717, 1.165) is 30.7 Å². The van der Waals surface area contributed by atoms with Crippen molar-refractivity contribution in [3.63, 3.8) is 0 Å². The van der Waals surface area contributed by atoms with Crippen LogP contribution in [-0.2, 0) is 6.42 Å². The van der Waals surface area contributed by atoms with Gasteiger partial charge in [0.05, 0.1) is 11.6 Å². The molecule has 2 aromatic carbocycles. The zero-order valence-electron chi connectivity index (χ0n) is 16.0. The van der Waals surface area contributed by atoms with Gasteiger partial charge in [-0.1, -0.05) is 41.0 Å². The van der Waals surface area contributed by atoms with Gasteiger partial charge in [-0.05, 0) is 42.7 Å². The second-order valence-corrected chi connectivity index (χ2v) is 9.30. The highest BCUT2D eigenvalue weighted by Gasteiger charge is 2.30. The van der Waals surface area contributed by atoms with Crippen LogP contribution in [0.15, 0.2) is 63.4 Å². The van der Waals surface area contributed by atoms with Crippen LogP contribution >= 0.6 is 35.0 Å². The van der Waals surface area contributed by atoms with E-state index in [1.54, 1.807) is 39.8 Å². The van der Waals surface area contributed by atoms with Crippen LogP contribution in [0.1, 0.15) is 30.0 Å². The minimum absolute atomic E-state index is 0.0973. The number of nitrogens with zero attached hydrogens (tertiary/aromatic N) is 3. The van der Waals surface area contributed by atoms with E-state index in [-0.39, 0.29) is 22.9 Å². The molecule has 9 heteroatoms. The second-order valence-electron chi connectivity index (χ2n) is 7.37. The molecule has 0 unspecified atom stereocenters. The highest BCUT2D eigenvalue weighted by Crippen LogP contribution is 2.36. The topological polar surface area (TPSA) is 39.3 Å². The van der Waals surface area contributed by atoms with Gasteiger partial charge in [0, 0.05) is 44.7 Å². The van der Waals surface area contributed by atoms with Crippen molar-refractivity contribution in [1.29, 1.82) is 0 Å². The first kappa shape index (κ1) is 20.5. The lowest BCUT2D eigenvalue weighted by molar-refractivity contribution is 0.565. The molecule has 0 aliphatic heterocycles. The molecule has 1 aliphatic carbocycles. The average molecular weight is 478 g/mol. The lowest BCUT2D eigenvalue weighted by atomic mass is 10.1. The standard InChI is InChI=1S/C22H15Cl2F2N3OS/c23-17-2-1-3-18(24)15(17)9-16-21-27-10-14(31-20-7-4-12(25)8-19(20)26)11-28(21)29(22(16)30)13-5-6-13/h1-4,7-8,10-11,13H,5-6,9H2. The third-order valence-electron chi connectivity index (χ3n) is 5.18. The van der Waals surface area contributed by atoms with Crippen LogP contribution in [0.2, 0.25) is 10.0 Å². The van der Waals surface area contributed by atoms with Gasteiger partial charge in [-0.3, -0.25) is 4.79 Å². The van der Waals surface area contributed by atoms with Crippen LogP contribution in [0.3, 0.4) is 0 Å². The maximum atomic E-state index is 14.1. The molecule has 158 valence electrons. The predicted molar refractivity (Wildman–Crippen MR) is 117 cm³/mol. The summed E-state index contributed by atoms with van der Waals surface area (Å²) in [6, 6.07) is 8.76. The van der Waals surface area contributed by atoms with E-state index in [2.05, 4.69) is 4.98 Å². The summed E-state index contributed by atoms with van der Waals surface area (Å²) in [5.41, 5.74) is 1.55. The van der Waals surface area contributed by atoms with Crippen LogP contribution in [-0.4, -0.2) is 14.2 Å². The molecule has 31 heavy (non-hydrogen) atoms. The summed E-state index contributed by atoms with van der Waals surface area (Å²) in [5.74, 6) is -1.28. The molecular weight excluding hydrogens is 463 g/mol. The Bertz CT molecular complexity index is 1360. The Morgan fingerprint density at radius 2 is 1.84 bits per heavy atom. The number of benzene rings is 2. The smallest absolute Gasteiger partial charge is 0.267 e. The van der Waals surface area contributed by atoms with Gasteiger partial charge < -0.3 is 0 Å². The third kappa shape index (κ3) is 3.86. The Balaban J connectivity index is 1.60. The molecule has 2 heterocycles. The lowest BCUT2D eigenvalue weighted by Crippen LogP contribution is -2.20. The van der Waals surface area contributed by atoms with Crippen LogP contribution in [0.4, 0.5) is 8.78 Å². The van der Waals surface area contributed by atoms with Crippen molar-refractivity contribution in [2.75, 3.05) is 0 Å². The highest BCUT2D eigenvalue weighted by atomic mass is 35.5. The van der Waals surface area contributed by atoms with Crippen LogP contribution in [0.25, 0.3) is 5.65 Å². The Morgan fingerprint density at radius 1 is 1.10 bits per heavy atom. The van der Waals surface area contributed by atoms with E-state index in [1.165, 1.54) is 12.1 Å².